The zero-order valence-electron chi connectivity index (χ0n) is 70.4. The van der Waals surface area contributed by atoms with Gasteiger partial charge in [0.05, 0.1) is 6.61 Å². The summed E-state index contributed by atoms with van der Waals surface area (Å²) in [5, 5.41) is 43.7. The van der Waals surface area contributed by atoms with Crippen LogP contribution in [0.4, 0.5) is 36.2 Å². The molecular formula is C89H100N12O22S6. The van der Waals surface area contributed by atoms with E-state index in [1.807, 2.05) is 78.9 Å². The van der Waals surface area contributed by atoms with Crippen molar-refractivity contribution in [3.63, 3.8) is 0 Å². The Morgan fingerprint density at radius 3 is 1.04 bits per heavy atom. The van der Waals surface area contributed by atoms with E-state index in [-0.39, 0.29) is 139 Å². The van der Waals surface area contributed by atoms with Crippen molar-refractivity contribution < 1.29 is 106 Å². The normalized spacial score (nSPS) is 15.9. The Kier molecular flexibility index (Phi) is 38.8. The van der Waals surface area contributed by atoms with E-state index in [4.69, 9.17) is 24.1 Å². The first-order valence-corrected chi connectivity index (χ1v) is 48.7. The molecule has 3 fully saturated rings. The van der Waals surface area contributed by atoms with Crippen LogP contribution in [0, 0.1) is 0 Å². The van der Waals surface area contributed by atoms with Gasteiger partial charge >= 0.3 is 42.3 Å². The molecule has 3 unspecified atom stereocenters. The van der Waals surface area contributed by atoms with Crippen LogP contribution < -0.4 is 31.9 Å². The lowest BCUT2D eigenvalue weighted by Gasteiger charge is -2.31. The number of carboxylic acid groups (broad SMARTS) is 3. The van der Waals surface area contributed by atoms with Gasteiger partial charge in [0.15, 0.2) is 0 Å². The highest BCUT2D eigenvalue weighted by Gasteiger charge is 2.43. The molecule has 0 aliphatic carbocycles. The summed E-state index contributed by atoms with van der Waals surface area (Å²) >= 11 is 0. The van der Waals surface area contributed by atoms with Gasteiger partial charge in [-0.2, -0.15) is 0 Å². The first kappa shape index (κ1) is 99.1. The van der Waals surface area contributed by atoms with Crippen LogP contribution in [-0.2, 0) is 96.6 Å². The van der Waals surface area contributed by atoms with Crippen molar-refractivity contribution in [2.75, 3.05) is 96.5 Å². The molecule has 12 amide bonds. The Labute approximate surface area is 768 Å². The quantitative estimate of drug-likeness (QED) is 0.00978. The van der Waals surface area contributed by atoms with Crippen LogP contribution in [0.2, 0.25) is 0 Å². The number of benzene rings is 6. The molecule has 3 atom stereocenters. The number of amides is 12. The lowest BCUT2D eigenvalue weighted by Crippen LogP contribution is -2.49. The number of ether oxygens (including phenoxy) is 4. The lowest BCUT2D eigenvalue weighted by molar-refractivity contribution is -0.145. The molecule has 3 saturated heterocycles. The summed E-state index contributed by atoms with van der Waals surface area (Å²) in [5.41, 5.74) is 9.11. The van der Waals surface area contributed by atoms with Crippen molar-refractivity contribution in [1.29, 1.82) is 0 Å². The van der Waals surface area contributed by atoms with Gasteiger partial charge in [-0.1, -0.05) is 194 Å². The highest BCUT2D eigenvalue weighted by molar-refractivity contribution is 8.77. The van der Waals surface area contributed by atoms with Crippen molar-refractivity contribution in [2.45, 2.75) is 122 Å². The van der Waals surface area contributed by atoms with E-state index in [9.17, 15) is 82.1 Å². The third kappa shape index (κ3) is 30.5. The fourth-order valence-electron chi connectivity index (χ4n) is 14.3. The van der Waals surface area contributed by atoms with Gasteiger partial charge in [-0.3, -0.25) is 73.6 Å². The molecule has 6 heterocycles. The number of hydrogen-bond acceptors (Lipinski definition) is 25. The molecule has 0 radical (unpaired) electrons. The summed E-state index contributed by atoms with van der Waals surface area (Å²) in [6.07, 6.45) is 2.29. The summed E-state index contributed by atoms with van der Waals surface area (Å²) < 4.78 is 21.1. The van der Waals surface area contributed by atoms with E-state index >= 15 is 0 Å². The second kappa shape index (κ2) is 50.6. The fraction of sp³-hybridized carbons (Fsp3) is 0.360. The van der Waals surface area contributed by atoms with Crippen LogP contribution in [0.5, 0.6) is 0 Å². The Hall–Kier alpha value is -12.1. The maximum atomic E-state index is 13.0. The highest BCUT2D eigenvalue weighted by atomic mass is 33.1. The number of rotatable bonds is 41. The molecule has 34 nitrogen and oxygen atoms in total. The predicted octanol–water partition coefficient (Wildman–Crippen LogP) is 12.6. The van der Waals surface area contributed by atoms with Crippen LogP contribution in [0.3, 0.4) is 0 Å². The van der Waals surface area contributed by atoms with E-state index in [0.29, 0.717) is 153 Å². The second-order valence-electron chi connectivity index (χ2n) is 29.8. The third-order valence-electron chi connectivity index (χ3n) is 20.4. The van der Waals surface area contributed by atoms with Gasteiger partial charge in [-0.25, -0.2) is 19.2 Å². The molecule has 0 bridgehead atoms. The van der Waals surface area contributed by atoms with Gasteiger partial charge in [0, 0.05) is 154 Å². The van der Waals surface area contributed by atoms with Crippen LogP contribution in [0.25, 0.3) is 0 Å². The zero-order valence-corrected chi connectivity index (χ0v) is 75.3. The molecule has 6 aromatic carbocycles. The Balaban J connectivity index is 0.000000201. The van der Waals surface area contributed by atoms with E-state index in [1.54, 1.807) is 88.3 Å². The first-order valence-electron chi connectivity index (χ1n) is 41.2. The highest BCUT2D eigenvalue weighted by Crippen LogP contribution is 2.37. The minimum absolute atomic E-state index is 0.0921. The van der Waals surface area contributed by atoms with Crippen molar-refractivity contribution in [3.05, 3.63) is 232 Å². The van der Waals surface area contributed by atoms with E-state index in [1.165, 1.54) is 67.7 Å². The molecular weight excluding hydrogens is 1780 g/mol. The molecule has 12 rings (SSSR count). The standard InChI is InChI=1S/2C30H34N4O7S2.C29H32N4O8S2/c1-20-11-12-25(28(38)31-20)34-18-23-22(29(34)39)9-5-10-24(23)32-30(40)41-14-6-15-42-43-16-13-26(35)33(19-27(36)37)17-21-7-3-2-4-8-21;1-20-12-13-25(28(38)31-20)34-18-23-22(29(34)39)9-5-10-24(23)32-30(40)41-14-16-43-42-15-6-11-26(35)33(19-27(36)37)17-21-7-3-2-4-8-21;1-19-10-11-24(26(36)30-19)33-17-22-21(27(33)37)8-5-9-23(22)31-28(38)40-12-14-42-43-15-13-41-29(39)32(18-25(34)35)16-20-6-3-2-4-7-20/h2*2-5,7-10,25H,1,6,11-19H2,(H,31,38)(H,32,40)(H,36,37);2-9,24H,1,10-18H2,(H,30,36)(H,31,38)(H,34,35). The average Bonchev–Trinajstić information content (AvgIpc) is 1.63. The number of aliphatic carboxylic acids is 3. The van der Waals surface area contributed by atoms with Crippen LogP contribution in [0.1, 0.15) is 129 Å². The number of carbonyl (C=O) groups is 15. The number of allylic oxidation sites excluding steroid dienone is 3. The molecule has 6 aliphatic heterocycles. The number of hydrogen-bond donors (Lipinski definition) is 9. The minimum Gasteiger partial charge on any atom is -0.480 e. The van der Waals surface area contributed by atoms with E-state index in [0.717, 1.165) is 21.6 Å². The fourth-order valence-corrected chi connectivity index (χ4v) is 19.9. The number of carboxylic acids is 3. The van der Waals surface area contributed by atoms with Gasteiger partial charge in [0.25, 0.3) is 17.7 Å². The monoisotopic (exact) mass is 1880 g/mol. The van der Waals surface area contributed by atoms with Gasteiger partial charge in [0.2, 0.25) is 29.5 Å². The average molecular weight is 1880 g/mol. The van der Waals surface area contributed by atoms with E-state index < -0.39 is 67.0 Å². The maximum Gasteiger partial charge on any atom is 0.411 e. The molecule has 6 aliphatic rings. The molecule has 684 valence electrons. The summed E-state index contributed by atoms with van der Waals surface area (Å²) in [5.74, 6) is -1.81. The molecule has 0 saturated carbocycles. The summed E-state index contributed by atoms with van der Waals surface area (Å²) in [4.78, 5) is 193. The molecule has 129 heavy (non-hydrogen) atoms. The molecule has 0 aromatic heterocycles. The summed E-state index contributed by atoms with van der Waals surface area (Å²) in [6.45, 7) is 12.0. The number of nitrogens with zero attached hydrogens (tertiary/aromatic N) is 6. The number of carbonyl (C=O) groups excluding carboxylic acids is 12. The zero-order chi connectivity index (χ0) is 92.3. The number of fused-ring (bicyclic) bond motifs is 3. The van der Waals surface area contributed by atoms with Crippen LogP contribution in [0.15, 0.2) is 182 Å². The SMILES string of the molecule is C=C1CCC(N2Cc3c(NC(=O)OCCCSSCCC(=O)N(CC(=O)O)Cc4ccccc4)cccc3C2=O)C(=O)N1.C=C1CCC(N2Cc3c(NC(=O)OCCSSCCCC(=O)N(CC(=O)O)Cc4ccccc4)cccc3C2=O)C(=O)N1.C=C1CCC(N2Cc3c(NC(=O)OCCSSCCOC(=O)N(CC(=O)O)Cc4ccccc4)cccc3C2=O)C(=O)N1. The van der Waals surface area contributed by atoms with Crippen molar-refractivity contribution >= 4 is 171 Å². The van der Waals surface area contributed by atoms with Gasteiger partial charge < -0.3 is 74.7 Å². The summed E-state index contributed by atoms with van der Waals surface area (Å²) in [6, 6.07) is 41.0. The second-order valence-corrected chi connectivity index (χ2v) is 37.9. The molecule has 9 N–H and O–H groups in total. The Morgan fingerprint density at radius 1 is 0.372 bits per heavy atom. The molecule has 0 spiro atoms. The first-order chi connectivity index (χ1) is 62.2. The van der Waals surface area contributed by atoms with Crippen LogP contribution >= 0.6 is 64.8 Å². The predicted molar refractivity (Wildman–Crippen MR) is 493 cm³/mol. The topological polar surface area (TPSA) is 445 Å². The molecule has 40 heteroatoms. The number of anilines is 3. The van der Waals surface area contributed by atoms with E-state index in [2.05, 4.69) is 51.6 Å². The Morgan fingerprint density at radius 2 is 0.682 bits per heavy atom. The third-order valence-corrected chi connectivity index (χ3v) is 27.7. The molecule has 6 aromatic rings. The van der Waals surface area contributed by atoms with Crippen molar-refractivity contribution in [3.8, 4) is 0 Å². The van der Waals surface area contributed by atoms with Gasteiger partial charge in [-0.05, 0) is 104 Å². The smallest absolute Gasteiger partial charge is 0.411 e. The lowest BCUT2D eigenvalue weighted by atomic mass is 10.0. The largest absolute Gasteiger partial charge is 0.480 e. The van der Waals surface area contributed by atoms with Crippen molar-refractivity contribution in [1.82, 2.24) is 45.3 Å². The van der Waals surface area contributed by atoms with Crippen LogP contribution in [-0.4, -0.2) is 233 Å². The summed E-state index contributed by atoms with van der Waals surface area (Å²) in [7, 11) is 8.96. The minimum atomic E-state index is -1.13. The number of nitrogens with one attached hydrogen (secondary N) is 6. The number of piperidine rings is 3. The maximum absolute atomic E-state index is 13.0. The van der Waals surface area contributed by atoms with Gasteiger partial charge in [-0.15, -0.1) is 0 Å². The van der Waals surface area contributed by atoms with Crippen molar-refractivity contribution in [2.24, 2.45) is 0 Å². The van der Waals surface area contributed by atoms with Gasteiger partial charge in [0.1, 0.15) is 57.6 Å². The Bertz CT molecular complexity index is 4610.